The minimum absolute atomic E-state index is 0.00652. The van der Waals surface area contributed by atoms with Gasteiger partial charge in [-0.3, -0.25) is 9.59 Å². The van der Waals surface area contributed by atoms with Crippen LogP contribution in [0.5, 0.6) is 5.75 Å². The number of hydrogen-bond donors (Lipinski definition) is 0. The maximum atomic E-state index is 13.5. The SMILES string of the molecule is COCCN(CC(=O)N1N=C(c2cccs2)C[C@@H]1c1ccc(OC)cc1)C(=O)C1CCCC1. The van der Waals surface area contributed by atoms with Crippen molar-refractivity contribution in [3.63, 3.8) is 0 Å². The number of carbonyl (C=O) groups is 2. The number of hydrazone groups is 1. The second kappa shape index (κ2) is 10.9. The van der Waals surface area contributed by atoms with Gasteiger partial charge in [-0.15, -0.1) is 11.3 Å². The lowest BCUT2D eigenvalue weighted by Crippen LogP contribution is -2.44. The van der Waals surface area contributed by atoms with Gasteiger partial charge in [0.1, 0.15) is 12.3 Å². The van der Waals surface area contributed by atoms with Crippen molar-refractivity contribution in [1.29, 1.82) is 0 Å². The Balaban J connectivity index is 1.56. The van der Waals surface area contributed by atoms with Crippen LogP contribution in [0.3, 0.4) is 0 Å². The average Bonchev–Trinajstić information content (AvgIpc) is 3.62. The van der Waals surface area contributed by atoms with Crippen molar-refractivity contribution in [2.24, 2.45) is 11.0 Å². The summed E-state index contributed by atoms with van der Waals surface area (Å²) in [6.07, 6.45) is 4.57. The van der Waals surface area contributed by atoms with E-state index in [2.05, 4.69) is 0 Å². The molecule has 1 aliphatic carbocycles. The molecule has 1 aliphatic heterocycles. The van der Waals surface area contributed by atoms with Gasteiger partial charge in [0.05, 0.1) is 30.3 Å². The molecule has 2 heterocycles. The molecule has 0 radical (unpaired) electrons. The van der Waals surface area contributed by atoms with Crippen LogP contribution in [-0.2, 0) is 14.3 Å². The van der Waals surface area contributed by atoms with Gasteiger partial charge in [-0.2, -0.15) is 5.10 Å². The highest BCUT2D eigenvalue weighted by atomic mass is 32.1. The number of amides is 2. The number of methoxy groups -OCH3 is 2. The molecule has 1 atom stereocenters. The lowest BCUT2D eigenvalue weighted by Gasteiger charge is -2.28. The summed E-state index contributed by atoms with van der Waals surface area (Å²) in [5.41, 5.74) is 1.88. The molecule has 0 bridgehead atoms. The Morgan fingerprint density at radius 3 is 2.55 bits per heavy atom. The molecule has 0 saturated heterocycles. The summed E-state index contributed by atoms with van der Waals surface area (Å²) in [6.45, 7) is 0.810. The van der Waals surface area contributed by atoms with Crippen molar-refractivity contribution in [2.45, 2.75) is 38.1 Å². The largest absolute Gasteiger partial charge is 0.497 e. The summed E-state index contributed by atoms with van der Waals surface area (Å²) in [5.74, 6) is 0.656. The van der Waals surface area contributed by atoms with Crippen molar-refractivity contribution in [2.75, 3.05) is 33.9 Å². The molecule has 1 saturated carbocycles. The van der Waals surface area contributed by atoms with Gasteiger partial charge in [0.15, 0.2) is 0 Å². The molecule has 8 heteroatoms. The molecule has 176 valence electrons. The first-order valence-corrected chi connectivity index (χ1v) is 12.3. The van der Waals surface area contributed by atoms with Crippen LogP contribution in [0.4, 0.5) is 0 Å². The Bertz CT molecular complexity index is 968. The summed E-state index contributed by atoms with van der Waals surface area (Å²) in [5, 5.41) is 8.31. The third-order valence-electron chi connectivity index (χ3n) is 6.38. The van der Waals surface area contributed by atoms with E-state index >= 15 is 0 Å². The zero-order chi connectivity index (χ0) is 23.2. The number of carbonyl (C=O) groups excluding carboxylic acids is 2. The van der Waals surface area contributed by atoms with Gasteiger partial charge in [0.2, 0.25) is 5.91 Å². The molecule has 2 amide bonds. The lowest BCUT2D eigenvalue weighted by atomic mass is 10.0. The van der Waals surface area contributed by atoms with E-state index in [1.54, 1.807) is 35.5 Å². The summed E-state index contributed by atoms with van der Waals surface area (Å²) >= 11 is 1.61. The van der Waals surface area contributed by atoms with E-state index in [1.165, 1.54) is 0 Å². The Morgan fingerprint density at radius 1 is 1.15 bits per heavy atom. The minimum Gasteiger partial charge on any atom is -0.497 e. The molecule has 0 N–H and O–H groups in total. The third kappa shape index (κ3) is 5.45. The van der Waals surface area contributed by atoms with Crippen molar-refractivity contribution in [1.82, 2.24) is 9.91 Å². The Labute approximate surface area is 199 Å². The second-order valence-electron chi connectivity index (χ2n) is 8.49. The average molecular weight is 470 g/mol. The van der Waals surface area contributed by atoms with Crippen LogP contribution in [-0.4, -0.2) is 61.4 Å². The van der Waals surface area contributed by atoms with E-state index < -0.39 is 0 Å². The van der Waals surface area contributed by atoms with Crippen LogP contribution in [0.1, 0.15) is 48.6 Å². The number of hydrogen-bond acceptors (Lipinski definition) is 6. The molecule has 1 aromatic heterocycles. The summed E-state index contributed by atoms with van der Waals surface area (Å²) in [4.78, 5) is 29.4. The zero-order valence-electron chi connectivity index (χ0n) is 19.2. The van der Waals surface area contributed by atoms with Gasteiger partial charge in [-0.25, -0.2) is 5.01 Å². The third-order valence-corrected chi connectivity index (χ3v) is 7.30. The van der Waals surface area contributed by atoms with E-state index in [1.807, 2.05) is 41.8 Å². The van der Waals surface area contributed by atoms with Crippen molar-refractivity contribution in [3.8, 4) is 5.75 Å². The Kier molecular flexibility index (Phi) is 7.77. The highest BCUT2D eigenvalue weighted by Crippen LogP contribution is 2.35. The molecule has 1 fully saturated rings. The van der Waals surface area contributed by atoms with Crippen LogP contribution in [0.15, 0.2) is 46.9 Å². The monoisotopic (exact) mass is 469 g/mol. The first-order chi connectivity index (χ1) is 16.1. The lowest BCUT2D eigenvalue weighted by molar-refractivity contribution is -0.144. The van der Waals surface area contributed by atoms with Gasteiger partial charge in [0, 0.05) is 26.0 Å². The summed E-state index contributed by atoms with van der Waals surface area (Å²) in [6, 6.07) is 11.5. The standard InChI is InChI=1S/C25H31N3O4S/c1-31-14-13-27(25(30)19-6-3-4-7-19)17-24(29)28-22(18-9-11-20(32-2)12-10-18)16-21(26-28)23-8-5-15-33-23/h5,8-12,15,19,22H,3-4,6-7,13-14,16-17H2,1-2H3/t22-/m1/s1. The van der Waals surface area contributed by atoms with E-state index in [0.717, 1.165) is 47.6 Å². The second-order valence-corrected chi connectivity index (χ2v) is 9.44. The van der Waals surface area contributed by atoms with Crippen LogP contribution < -0.4 is 4.74 Å². The number of thiophene rings is 1. The molecule has 0 spiro atoms. The molecular weight excluding hydrogens is 438 g/mol. The van der Waals surface area contributed by atoms with E-state index in [0.29, 0.717) is 19.6 Å². The molecule has 1 aromatic carbocycles. The van der Waals surface area contributed by atoms with Crippen LogP contribution in [0.25, 0.3) is 0 Å². The van der Waals surface area contributed by atoms with Crippen LogP contribution in [0, 0.1) is 5.92 Å². The predicted octanol–water partition coefficient (Wildman–Crippen LogP) is 4.10. The zero-order valence-corrected chi connectivity index (χ0v) is 20.1. The van der Waals surface area contributed by atoms with E-state index in [9.17, 15) is 9.59 Å². The first-order valence-electron chi connectivity index (χ1n) is 11.5. The Morgan fingerprint density at radius 2 is 1.91 bits per heavy atom. The van der Waals surface area contributed by atoms with E-state index in [4.69, 9.17) is 14.6 Å². The predicted molar refractivity (Wildman–Crippen MR) is 128 cm³/mol. The maximum Gasteiger partial charge on any atom is 0.262 e. The number of benzene rings is 1. The summed E-state index contributed by atoms with van der Waals surface area (Å²) < 4.78 is 10.5. The van der Waals surface area contributed by atoms with Crippen LogP contribution in [0.2, 0.25) is 0 Å². The first kappa shape index (κ1) is 23.4. The number of rotatable bonds is 9. The molecule has 2 aromatic rings. The van der Waals surface area contributed by atoms with Gasteiger partial charge in [-0.05, 0) is 42.0 Å². The molecule has 0 unspecified atom stereocenters. The fourth-order valence-corrected chi connectivity index (χ4v) is 5.27. The van der Waals surface area contributed by atoms with Crippen molar-refractivity contribution in [3.05, 3.63) is 52.2 Å². The minimum atomic E-state index is -0.216. The van der Waals surface area contributed by atoms with Gasteiger partial charge < -0.3 is 14.4 Å². The topological polar surface area (TPSA) is 71.4 Å². The van der Waals surface area contributed by atoms with Gasteiger partial charge >= 0.3 is 0 Å². The molecule has 33 heavy (non-hydrogen) atoms. The highest BCUT2D eigenvalue weighted by Gasteiger charge is 2.36. The quantitative estimate of drug-likeness (QED) is 0.554. The summed E-state index contributed by atoms with van der Waals surface area (Å²) in [7, 11) is 3.24. The molecule has 7 nitrogen and oxygen atoms in total. The van der Waals surface area contributed by atoms with Crippen LogP contribution >= 0.6 is 11.3 Å². The Hall–Kier alpha value is -2.71. The highest BCUT2D eigenvalue weighted by molar-refractivity contribution is 7.12. The molecule has 2 aliphatic rings. The number of ether oxygens (including phenoxy) is 2. The normalized spacial score (nSPS) is 18.4. The van der Waals surface area contributed by atoms with Crippen molar-refractivity contribution < 1.29 is 19.1 Å². The smallest absolute Gasteiger partial charge is 0.262 e. The number of nitrogens with zero attached hydrogens (tertiary/aromatic N) is 3. The van der Waals surface area contributed by atoms with Gasteiger partial charge in [0.25, 0.3) is 5.91 Å². The molecular formula is C25H31N3O4S. The maximum absolute atomic E-state index is 13.5. The fraction of sp³-hybridized carbons (Fsp3) is 0.480. The van der Waals surface area contributed by atoms with Gasteiger partial charge in [-0.1, -0.05) is 31.0 Å². The van der Waals surface area contributed by atoms with Crippen molar-refractivity contribution >= 4 is 28.9 Å². The fourth-order valence-electron chi connectivity index (χ4n) is 4.55. The molecule has 4 rings (SSSR count). The van der Waals surface area contributed by atoms with E-state index in [-0.39, 0.29) is 30.3 Å².